The molecule has 2 aromatic rings. The van der Waals surface area contributed by atoms with E-state index in [1.807, 2.05) is 0 Å². The number of rotatable bonds is 5. The molecular formula is C14H19BrN8O8. The summed E-state index contributed by atoms with van der Waals surface area (Å²) in [5.41, 5.74) is 14.8. The Morgan fingerprint density at radius 2 is 1.39 bits per heavy atom. The zero-order valence-electron chi connectivity index (χ0n) is 16.5. The highest BCUT2D eigenvalue weighted by Gasteiger charge is 2.13. The molecule has 0 aliphatic carbocycles. The molecular weight excluding hydrogens is 488 g/mol. The summed E-state index contributed by atoms with van der Waals surface area (Å²) in [4.78, 5) is 42.8. The van der Waals surface area contributed by atoms with Gasteiger partial charge in [0.1, 0.15) is 4.98 Å². The highest BCUT2D eigenvalue weighted by Crippen LogP contribution is 2.01. The number of carbonyl (C=O) groups excluding carboxylic acids is 4. The van der Waals surface area contributed by atoms with Gasteiger partial charge in [-0.15, -0.1) is 5.10 Å². The van der Waals surface area contributed by atoms with Crippen molar-refractivity contribution in [1.29, 1.82) is 5.26 Å². The van der Waals surface area contributed by atoms with Crippen LogP contribution in [0, 0.1) is 10.2 Å². The van der Waals surface area contributed by atoms with E-state index in [2.05, 4.69) is 54.6 Å². The lowest BCUT2D eigenvalue weighted by atomic mass is 10.5. The molecule has 0 spiro atoms. The summed E-state index contributed by atoms with van der Waals surface area (Å²) in [6, 6.07) is -0.308. The van der Waals surface area contributed by atoms with Crippen LogP contribution in [0.15, 0.2) is 8.83 Å². The van der Waals surface area contributed by atoms with E-state index in [1.54, 1.807) is 18.8 Å². The van der Waals surface area contributed by atoms with Crippen molar-refractivity contribution in [3.63, 3.8) is 0 Å². The summed E-state index contributed by atoms with van der Waals surface area (Å²) >= 11 is 2.45. The summed E-state index contributed by atoms with van der Waals surface area (Å²) in [5.74, 6) is -3.23. The largest absolute Gasteiger partial charge is 0.460 e. The second kappa shape index (κ2) is 16.8. The van der Waals surface area contributed by atoms with Crippen LogP contribution < -0.4 is 17.2 Å². The molecule has 6 N–H and O–H groups in total. The first-order chi connectivity index (χ1) is 14.5. The fourth-order valence-corrected chi connectivity index (χ4v) is 1.08. The minimum atomic E-state index is -0.779. The van der Waals surface area contributed by atoms with Gasteiger partial charge >= 0.3 is 41.7 Å². The van der Waals surface area contributed by atoms with E-state index in [-0.39, 0.29) is 37.0 Å². The van der Waals surface area contributed by atoms with Crippen molar-refractivity contribution in [2.45, 2.75) is 20.8 Å². The first-order valence-corrected chi connectivity index (χ1v) is 8.65. The number of amides is 1. The molecule has 0 atom stereocenters. The average Bonchev–Trinajstić information content (AvgIpc) is 3.32. The van der Waals surface area contributed by atoms with E-state index in [9.17, 15) is 19.2 Å². The van der Waals surface area contributed by atoms with Crippen molar-refractivity contribution >= 4 is 51.6 Å². The van der Waals surface area contributed by atoms with Crippen LogP contribution in [-0.2, 0) is 19.1 Å². The van der Waals surface area contributed by atoms with Gasteiger partial charge in [-0.25, -0.2) is 9.59 Å². The summed E-state index contributed by atoms with van der Waals surface area (Å²) < 4.78 is 17.9. The molecule has 31 heavy (non-hydrogen) atoms. The van der Waals surface area contributed by atoms with Gasteiger partial charge in [-0.1, -0.05) is 15.3 Å². The van der Waals surface area contributed by atoms with E-state index in [1.165, 1.54) is 6.92 Å². The fraction of sp³-hybridized carbons (Fsp3) is 0.357. The van der Waals surface area contributed by atoms with E-state index in [0.717, 1.165) is 0 Å². The molecule has 0 saturated carbocycles. The van der Waals surface area contributed by atoms with E-state index >= 15 is 0 Å². The molecule has 0 aromatic carbocycles. The number of ether oxygens (including phenoxy) is 2. The molecule has 2 heterocycles. The van der Waals surface area contributed by atoms with Gasteiger partial charge in [0.2, 0.25) is 5.78 Å². The van der Waals surface area contributed by atoms with Crippen LogP contribution in [0.25, 0.3) is 0 Å². The van der Waals surface area contributed by atoms with Crippen molar-refractivity contribution in [1.82, 2.24) is 20.4 Å². The number of hydrogen-bond donors (Lipinski definition) is 3. The van der Waals surface area contributed by atoms with Gasteiger partial charge in [-0.05, 0) is 13.8 Å². The summed E-state index contributed by atoms with van der Waals surface area (Å²) in [6.45, 7) is 5.04. The lowest BCUT2D eigenvalue weighted by Crippen LogP contribution is -2.12. The molecule has 2 rings (SSSR count). The smallest absolute Gasteiger partial charge is 0.396 e. The number of aromatic nitrogens is 4. The number of anilines is 2. The second-order valence-electron chi connectivity index (χ2n) is 4.34. The van der Waals surface area contributed by atoms with Gasteiger partial charge < -0.3 is 35.5 Å². The standard InChI is InChI=1S/C5H7N3O3.C5H8O3.C3H4N4O2.CBrN/c1-2-10-4(9)3-7-8-5(6)11-3;1-3-8-5(7)4(2)6;4-1(8)2-6-7-3(5)9-2;2-1-3/h2H2,1H3,(H2,6,8);3H2,1-2H3;(H2,4,8)(H2,5,7);. The first-order valence-electron chi connectivity index (χ1n) is 7.86. The molecule has 16 nitrogen and oxygen atoms in total. The van der Waals surface area contributed by atoms with Gasteiger partial charge in [0.15, 0.2) is 0 Å². The third kappa shape index (κ3) is 14.6. The molecule has 0 bridgehead atoms. The number of nitrogens with two attached hydrogens (primary N) is 3. The normalized spacial score (nSPS) is 8.48. The van der Waals surface area contributed by atoms with Crippen molar-refractivity contribution in [2.24, 2.45) is 5.73 Å². The van der Waals surface area contributed by atoms with Gasteiger partial charge in [-0.3, -0.25) is 9.59 Å². The molecule has 0 aliphatic rings. The number of nitrogen functional groups attached to an aromatic ring is 2. The monoisotopic (exact) mass is 506 g/mol. The molecule has 170 valence electrons. The third-order valence-corrected chi connectivity index (χ3v) is 2.10. The Balaban J connectivity index is 0. The fourth-order valence-electron chi connectivity index (χ4n) is 1.08. The van der Waals surface area contributed by atoms with E-state index in [4.69, 9.17) is 22.5 Å². The highest BCUT2D eigenvalue weighted by atomic mass is 79.9. The minimum Gasteiger partial charge on any atom is -0.460 e. The minimum absolute atomic E-state index is 0.145. The number of halogens is 1. The molecule has 1 amide bonds. The summed E-state index contributed by atoms with van der Waals surface area (Å²) in [6.07, 6.45) is 0. The first kappa shape index (κ1) is 29.1. The molecule has 0 saturated heterocycles. The van der Waals surface area contributed by atoms with Crippen LogP contribution in [0.1, 0.15) is 42.1 Å². The van der Waals surface area contributed by atoms with Crippen molar-refractivity contribution in [2.75, 3.05) is 24.7 Å². The number of primary amides is 1. The van der Waals surface area contributed by atoms with Crippen LogP contribution >= 0.6 is 15.9 Å². The average molecular weight is 507 g/mol. The Kier molecular flexibility index (Phi) is 15.8. The predicted octanol–water partition coefficient (Wildman–Crippen LogP) is -0.420. The number of ketones is 1. The third-order valence-electron chi connectivity index (χ3n) is 2.10. The maximum Gasteiger partial charge on any atom is 0.396 e. The summed E-state index contributed by atoms with van der Waals surface area (Å²) in [7, 11) is 0. The molecule has 0 radical (unpaired) electrons. The Morgan fingerprint density at radius 1 is 0.968 bits per heavy atom. The van der Waals surface area contributed by atoms with Gasteiger partial charge in [0.25, 0.3) is 0 Å². The van der Waals surface area contributed by atoms with Crippen LogP contribution in [0.5, 0.6) is 0 Å². The van der Waals surface area contributed by atoms with Gasteiger partial charge in [0.05, 0.1) is 13.2 Å². The van der Waals surface area contributed by atoms with Crippen LogP contribution in [0.3, 0.4) is 0 Å². The lowest BCUT2D eigenvalue weighted by Gasteiger charge is -1.93. The molecule has 0 unspecified atom stereocenters. The van der Waals surface area contributed by atoms with Crippen molar-refractivity contribution in [3.8, 4) is 4.98 Å². The number of hydrogen-bond acceptors (Lipinski definition) is 15. The van der Waals surface area contributed by atoms with Crippen LogP contribution in [-0.4, -0.2) is 57.2 Å². The SMILES string of the molecule is CCOC(=O)C(C)=O.CCOC(=O)c1nnc(N)o1.N#CBr.NC(=O)c1nnc(N)o1. The number of esters is 2. The van der Waals surface area contributed by atoms with Crippen LogP contribution in [0.4, 0.5) is 12.0 Å². The quantitative estimate of drug-likeness (QED) is 0.342. The van der Waals surface area contributed by atoms with E-state index < -0.39 is 23.6 Å². The van der Waals surface area contributed by atoms with Crippen LogP contribution in [0.2, 0.25) is 0 Å². The Bertz CT molecular complexity index is 891. The zero-order chi connectivity index (χ0) is 24.4. The summed E-state index contributed by atoms with van der Waals surface area (Å²) in [5, 5.41) is 20.2. The topological polar surface area (TPSA) is 266 Å². The van der Waals surface area contributed by atoms with Gasteiger partial charge in [0, 0.05) is 22.9 Å². The van der Waals surface area contributed by atoms with Crippen molar-refractivity contribution < 1.29 is 37.5 Å². The molecule has 0 aliphatic heterocycles. The zero-order valence-corrected chi connectivity index (χ0v) is 18.1. The lowest BCUT2D eigenvalue weighted by molar-refractivity contribution is -0.152. The Morgan fingerprint density at radius 3 is 1.61 bits per heavy atom. The number of Topliss-reactive ketones (excluding diaryl/α,β-unsaturated/α-hetero) is 1. The predicted molar refractivity (Wildman–Crippen MR) is 104 cm³/mol. The second-order valence-corrected chi connectivity index (χ2v) is 4.69. The Hall–Kier alpha value is -4.07. The highest BCUT2D eigenvalue weighted by molar-refractivity contribution is 9.12. The molecule has 0 fully saturated rings. The maximum absolute atomic E-state index is 10.8. The van der Waals surface area contributed by atoms with E-state index in [0.29, 0.717) is 0 Å². The number of nitrogens with zero attached hydrogens (tertiary/aromatic N) is 5. The molecule has 2 aromatic heterocycles. The molecule has 17 heteroatoms. The van der Waals surface area contributed by atoms with Gasteiger partial charge in [-0.2, -0.15) is 5.26 Å². The maximum atomic E-state index is 10.8. The number of carbonyl (C=O) groups is 4. The van der Waals surface area contributed by atoms with Crippen molar-refractivity contribution in [3.05, 3.63) is 11.8 Å². The Labute approximate surface area is 183 Å². The number of nitriles is 1.